The Morgan fingerprint density at radius 1 is 1.19 bits per heavy atom. The molecule has 0 unspecified atom stereocenters. The number of carbonyl (C=O) groups is 1. The highest BCUT2D eigenvalue weighted by molar-refractivity contribution is 7.93. The summed E-state index contributed by atoms with van der Waals surface area (Å²) in [6, 6.07) is 10.9. The number of sulfonamides is 1. The molecule has 1 aromatic carbocycles. The molecule has 0 aliphatic carbocycles. The fraction of sp³-hybridized carbons (Fsp3) is 0.500. The predicted molar refractivity (Wildman–Crippen MR) is 125 cm³/mol. The number of ether oxygens (including phenoxy) is 1. The normalized spacial score (nSPS) is 15.7. The molecule has 3 rings (SSSR count). The Morgan fingerprint density at radius 3 is 2.52 bits per heavy atom. The van der Waals surface area contributed by atoms with E-state index >= 15 is 0 Å². The van der Waals surface area contributed by atoms with Crippen molar-refractivity contribution in [3.8, 4) is 5.75 Å². The minimum atomic E-state index is -3.77. The van der Waals surface area contributed by atoms with Gasteiger partial charge in [-0.1, -0.05) is 6.07 Å². The highest BCUT2D eigenvalue weighted by atomic mass is 32.2. The summed E-state index contributed by atoms with van der Waals surface area (Å²) in [4.78, 5) is 16.0. The second kappa shape index (κ2) is 11.0. The lowest BCUT2D eigenvalue weighted by Gasteiger charge is -2.31. The third-order valence-electron chi connectivity index (χ3n) is 5.08. The van der Waals surface area contributed by atoms with E-state index in [9.17, 15) is 13.2 Å². The molecule has 0 atom stereocenters. The smallest absolute Gasteiger partial charge is 0.241 e. The first-order valence-corrected chi connectivity index (χ1v) is 13.1. The number of anilines is 1. The lowest BCUT2D eigenvalue weighted by Crippen LogP contribution is -2.40. The number of amides is 1. The molecule has 0 radical (unpaired) electrons. The van der Waals surface area contributed by atoms with Gasteiger partial charge < -0.3 is 10.1 Å². The highest BCUT2D eigenvalue weighted by Crippen LogP contribution is 2.20. The molecule has 1 aliphatic heterocycles. The quantitative estimate of drug-likeness (QED) is 0.562. The number of likely N-dealkylation sites (tertiary alicyclic amines) is 1. The number of piperidine rings is 1. The van der Waals surface area contributed by atoms with Crippen molar-refractivity contribution in [2.75, 3.05) is 30.1 Å². The molecule has 1 amide bonds. The molecular formula is C22H31N3O4S2. The Kier molecular flexibility index (Phi) is 8.34. The molecule has 2 N–H and O–H groups in total. The monoisotopic (exact) mass is 465 g/mol. The molecule has 2 heterocycles. The molecule has 31 heavy (non-hydrogen) atoms. The van der Waals surface area contributed by atoms with Crippen molar-refractivity contribution < 1.29 is 17.9 Å². The SMILES string of the molecule is CC(C)Oc1ccc(NS(=O)(=O)CC(=O)NCC2CCN(Cc3cccs3)CC2)cc1. The van der Waals surface area contributed by atoms with Crippen LogP contribution in [0.25, 0.3) is 0 Å². The Bertz CT molecular complexity index is 920. The molecule has 1 aromatic heterocycles. The molecule has 1 aliphatic rings. The van der Waals surface area contributed by atoms with E-state index in [0.717, 1.165) is 32.5 Å². The third-order valence-corrected chi connectivity index (χ3v) is 7.13. The van der Waals surface area contributed by atoms with Crippen LogP contribution in [0.2, 0.25) is 0 Å². The number of rotatable bonds is 10. The molecule has 7 nitrogen and oxygen atoms in total. The summed E-state index contributed by atoms with van der Waals surface area (Å²) < 4.78 is 32.6. The van der Waals surface area contributed by atoms with Gasteiger partial charge in [0.05, 0.1) is 6.10 Å². The summed E-state index contributed by atoms with van der Waals surface area (Å²) in [6.45, 7) is 7.32. The second-order valence-electron chi connectivity index (χ2n) is 8.16. The summed E-state index contributed by atoms with van der Waals surface area (Å²) in [6.07, 6.45) is 2.04. The molecular weight excluding hydrogens is 434 g/mol. The average Bonchev–Trinajstić information content (AvgIpc) is 3.21. The first-order chi connectivity index (χ1) is 14.8. The van der Waals surface area contributed by atoms with Crippen LogP contribution < -0.4 is 14.8 Å². The molecule has 0 bridgehead atoms. The maximum absolute atomic E-state index is 12.3. The van der Waals surface area contributed by atoms with Crippen LogP contribution in [-0.4, -0.2) is 50.7 Å². The Hall–Kier alpha value is -2.10. The van der Waals surface area contributed by atoms with E-state index in [1.54, 1.807) is 35.6 Å². The van der Waals surface area contributed by atoms with Crippen LogP contribution in [0.5, 0.6) is 5.75 Å². The maximum atomic E-state index is 12.3. The van der Waals surface area contributed by atoms with E-state index < -0.39 is 21.7 Å². The maximum Gasteiger partial charge on any atom is 0.241 e. The van der Waals surface area contributed by atoms with Gasteiger partial charge in [0.25, 0.3) is 0 Å². The number of nitrogens with one attached hydrogen (secondary N) is 2. The van der Waals surface area contributed by atoms with Crippen LogP contribution in [0.15, 0.2) is 41.8 Å². The van der Waals surface area contributed by atoms with E-state index in [1.807, 2.05) is 13.8 Å². The van der Waals surface area contributed by atoms with Gasteiger partial charge >= 0.3 is 0 Å². The predicted octanol–water partition coefficient (Wildman–Crippen LogP) is 3.31. The molecule has 1 saturated heterocycles. The summed E-state index contributed by atoms with van der Waals surface area (Å²) in [5, 5.41) is 4.88. The first kappa shape index (κ1) is 23.6. The zero-order valence-corrected chi connectivity index (χ0v) is 19.7. The summed E-state index contributed by atoms with van der Waals surface area (Å²) in [5.41, 5.74) is 0.405. The van der Waals surface area contributed by atoms with E-state index in [4.69, 9.17) is 4.74 Å². The van der Waals surface area contributed by atoms with Gasteiger partial charge in [0.1, 0.15) is 11.5 Å². The lowest BCUT2D eigenvalue weighted by molar-refractivity contribution is -0.118. The fourth-order valence-electron chi connectivity index (χ4n) is 3.54. The molecule has 2 aromatic rings. The van der Waals surface area contributed by atoms with E-state index in [0.29, 0.717) is 23.9 Å². The van der Waals surface area contributed by atoms with Crippen molar-refractivity contribution in [1.82, 2.24) is 10.2 Å². The number of hydrogen-bond acceptors (Lipinski definition) is 6. The number of thiophene rings is 1. The highest BCUT2D eigenvalue weighted by Gasteiger charge is 2.22. The molecule has 0 spiro atoms. The van der Waals surface area contributed by atoms with Crippen LogP contribution in [0.1, 0.15) is 31.6 Å². The van der Waals surface area contributed by atoms with Crippen LogP contribution in [0.4, 0.5) is 5.69 Å². The van der Waals surface area contributed by atoms with Crippen LogP contribution in [-0.2, 0) is 21.4 Å². The van der Waals surface area contributed by atoms with Gasteiger partial charge in [-0.15, -0.1) is 11.3 Å². The van der Waals surface area contributed by atoms with Crippen molar-refractivity contribution >= 4 is 33.0 Å². The van der Waals surface area contributed by atoms with Crippen molar-refractivity contribution in [2.45, 2.75) is 39.3 Å². The van der Waals surface area contributed by atoms with Crippen molar-refractivity contribution in [3.63, 3.8) is 0 Å². The summed E-state index contributed by atoms with van der Waals surface area (Å²) >= 11 is 1.77. The van der Waals surface area contributed by atoms with E-state index in [1.165, 1.54) is 4.88 Å². The fourth-order valence-corrected chi connectivity index (χ4v) is 5.30. The van der Waals surface area contributed by atoms with E-state index in [-0.39, 0.29) is 6.10 Å². The number of hydrogen-bond donors (Lipinski definition) is 2. The lowest BCUT2D eigenvalue weighted by atomic mass is 9.97. The van der Waals surface area contributed by atoms with Gasteiger partial charge in [0.15, 0.2) is 0 Å². The van der Waals surface area contributed by atoms with Crippen LogP contribution >= 0.6 is 11.3 Å². The van der Waals surface area contributed by atoms with Gasteiger partial charge in [-0.2, -0.15) is 0 Å². The Morgan fingerprint density at radius 2 is 1.90 bits per heavy atom. The Labute approximate surface area is 188 Å². The van der Waals surface area contributed by atoms with Gasteiger partial charge in [-0.05, 0) is 81.4 Å². The summed E-state index contributed by atoms with van der Waals surface area (Å²) in [7, 11) is -3.77. The van der Waals surface area contributed by atoms with Crippen LogP contribution in [0, 0.1) is 5.92 Å². The zero-order valence-electron chi connectivity index (χ0n) is 18.0. The number of benzene rings is 1. The van der Waals surface area contributed by atoms with Crippen LogP contribution in [0.3, 0.4) is 0 Å². The van der Waals surface area contributed by atoms with Crippen molar-refractivity contribution in [2.24, 2.45) is 5.92 Å². The summed E-state index contributed by atoms with van der Waals surface area (Å²) in [5.74, 6) is -0.0211. The van der Waals surface area contributed by atoms with Crippen molar-refractivity contribution in [1.29, 1.82) is 0 Å². The molecule has 9 heteroatoms. The average molecular weight is 466 g/mol. The third kappa shape index (κ3) is 8.16. The van der Waals surface area contributed by atoms with E-state index in [2.05, 4.69) is 32.5 Å². The largest absolute Gasteiger partial charge is 0.491 e. The molecule has 0 saturated carbocycles. The minimum absolute atomic E-state index is 0.0412. The molecule has 170 valence electrons. The molecule has 1 fully saturated rings. The van der Waals surface area contributed by atoms with Gasteiger partial charge in [-0.3, -0.25) is 14.4 Å². The standard InChI is InChI=1S/C22H31N3O4S2/c1-17(2)29-20-7-5-19(6-8-20)24-31(27,28)16-22(26)23-14-18-9-11-25(12-10-18)15-21-4-3-13-30-21/h3-8,13,17-18,24H,9-12,14-16H2,1-2H3,(H,23,26). The zero-order chi connectivity index (χ0) is 22.3. The van der Waals surface area contributed by atoms with Gasteiger partial charge in [-0.25, -0.2) is 8.42 Å². The van der Waals surface area contributed by atoms with Crippen molar-refractivity contribution in [3.05, 3.63) is 46.7 Å². The second-order valence-corrected chi connectivity index (χ2v) is 10.9. The minimum Gasteiger partial charge on any atom is -0.491 e. The topological polar surface area (TPSA) is 87.7 Å². The Balaban J connectivity index is 1.37. The van der Waals surface area contributed by atoms with Gasteiger partial charge in [0, 0.05) is 23.7 Å². The first-order valence-electron chi connectivity index (χ1n) is 10.6. The van der Waals surface area contributed by atoms with Gasteiger partial charge in [0.2, 0.25) is 15.9 Å². The number of nitrogens with zero attached hydrogens (tertiary/aromatic N) is 1. The number of carbonyl (C=O) groups excluding carboxylic acids is 1.